The maximum Gasteiger partial charge on any atom is 0.114 e. The topological polar surface area (TPSA) is 0 Å². The maximum atomic E-state index is 14.3. The van der Waals surface area contributed by atoms with Crippen LogP contribution in [0.2, 0.25) is 0 Å². The van der Waals surface area contributed by atoms with Crippen LogP contribution in [-0.2, 0) is 0 Å². The molecule has 0 aromatic carbocycles. The minimum atomic E-state index is -0.954. The molecule has 0 nitrogen and oxygen atoms in total. The van der Waals surface area contributed by atoms with Gasteiger partial charge < -0.3 is 0 Å². The molecule has 0 aliphatic heterocycles. The van der Waals surface area contributed by atoms with E-state index in [-0.39, 0.29) is 9.20 Å². The largest absolute Gasteiger partial charge is 0.244 e. The first-order valence-corrected chi connectivity index (χ1v) is 6.14. The Morgan fingerprint density at radius 1 is 1.15 bits per heavy atom. The van der Waals surface area contributed by atoms with E-state index in [4.69, 9.17) is 11.6 Å². The zero-order chi connectivity index (χ0) is 9.32. The second-order valence-corrected chi connectivity index (χ2v) is 7.95. The summed E-state index contributed by atoms with van der Waals surface area (Å²) in [6, 6.07) is 0. The van der Waals surface area contributed by atoms with E-state index in [9.17, 15) is 4.39 Å². The molecule has 0 unspecified atom stereocenters. The van der Waals surface area contributed by atoms with Crippen LogP contribution in [0.15, 0.2) is 0 Å². The highest BCUT2D eigenvalue weighted by molar-refractivity contribution is 9.10. The lowest BCUT2D eigenvalue weighted by molar-refractivity contribution is -0.0466. The zero-order valence-electron chi connectivity index (χ0n) is 7.45. The van der Waals surface area contributed by atoms with Gasteiger partial charge in [0, 0.05) is 15.6 Å². The van der Waals surface area contributed by atoms with Gasteiger partial charge in [-0.1, -0.05) is 15.9 Å². The van der Waals surface area contributed by atoms with Crippen molar-refractivity contribution in [1.29, 1.82) is 0 Å². The van der Waals surface area contributed by atoms with Gasteiger partial charge in [-0.15, -0.1) is 11.6 Å². The molecule has 74 valence electrons. The molecule has 4 bridgehead atoms. The Morgan fingerprint density at radius 3 is 2.46 bits per heavy atom. The summed E-state index contributed by atoms with van der Waals surface area (Å²) in [5, 5.41) is 0. The second-order valence-electron chi connectivity index (χ2n) is 5.46. The average Bonchev–Trinajstić information content (AvgIpc) is 1.71. The molecule has 0 heterocycles. The summed E-state index contributed by atoms with van der Waals surface area (Å²) in [4.78, 5) is -0.225. The monoisotopic (exact) mass is 266 g/mol. The van der Waals surface area contributed by atoms with Gasteiger partial charge in [0.05, 0.1) is 0 Å². The molecule has 0 N–H and O–H groups in total. The van der Waals surface area contributed by atoms with Gasteiger partial charge in [-0.3, -0.25) is 0 Å². The lowest BCUT2D eigenvalue weighted by Crippen LogP contribution is -2.60. The van der Waals surface area contributed by atoms with Gasteiger partial charge in [0.25, 0.3) is 0 Å². The summed E-state index contributed by atoms with van der Waals surface area (Å²) in [5.74, 6) is 0.526. The normalized spacial score (nSPS) is 64.4. The zero-order valence-corrected chi connectivity index (χ0v) is 9.80. The Bertz CT molecular complexity index is 217. The van der Waals surface area contributed by atoms with E-state index in [1.54, 1.807) is 0 Å². The fourth-order valence-electron chi connectivity index (χ4n) is 4.09. The molecule has 4 atom stereocenters. The van der Waals surface area contributed by atoms with Gasteiger partial charge in [0.2, 0.25) is 0 Å². The number of alkyl halides is 3. The van der Waals surface area contributed by atoms with Crippen LogP contribution >= 0.6 is 27.5 Å². The van der Waals surface area contributed by atoms with Crippen molar-refractivity contribution in [3.8, 4) is 0 Å². The highest BCUT2D eigenvalue weighted by Gasteiger charge is 2.62. The predicted octanol–water partition coefficient (Wildman–Crippen LogP) is 3.80. The van der Waals surface area contributed by atoms with Gasteiger partial charge in [-0.05, 0) is 38.0 Å². The third kappa shape index (κ3) is 1.28. The van der Waals surface area contributed by atoms with Crippen LogP contribution in [-0.4, -0.2) is 14.9 Å². The number of hydrogen-bond donors (Lipinski definition) is 0. The van der Waals surface area contributed by atoms with Crippen LogP contribution in [0.25, 0.3) is 0 Å². The SMILES string of the molecule is F[C@]12C[C@@H]3C[C@](Cl)(C1)C[C@@](Br)(C3)C2. The van der Waals surface area contributed by atoms with Crippen molar-refractivity contribution in [3.63, 3.8) is 0 Å². The highest BCUT2D eigenvalue weighted by atomic mass is 79.9. The van der Waals surface area contributed by atoms with Gasteiger partial charge in [-0.2, -0.15) is 0 Å². The van der Waals surface area contributed by atoms with Crippen molar-refractivity contribution in [2.45, 2.75) is 53.4 Å². The molecule has 13 heavy (non-hydrogen) atoms. The van der Waals surface area contributed by atoms with Crippen LogP contribution in [0.4, 0.5) is 4.39 Å². The summed E-state index contributed by atoms with van der Waals surface area (Å²) in [6.07, 6.45) is 5.16. The summed E-state index contributed by atoms with van der Waals surface area (Å²) in [5.41, 5.74) is -0.954. The van der Waals surface area contributed by atoms with E-state index in [1.165, 1.54) is 0 Å². The van der Waals surface area contributed by atoms with Crippen molar-refractivity contribution in [1.82, 2.24) is 0 Å². The summed E-state index contributed by atoms with van der Waals surface area (Å²) >= 11 is 10.1. The Labute approximate surface area is 91.3 Å². The molecule has 4 rings (SSSR count). The maximum absolute atomic E-state index is 14.3. The van der Waals surface area contributed by atoms with E-state index < -0.39 is 5.67 Å². The van der Waals surface area contributed by atoms with E-state index in [1.807, 2.05) is 0 Å². The predicted molar refractivity (Wildman–Crippen MR) is 55.3 cm³/mol. The number of hydrogen-bond acceptors (Lipinski definition) is 0. The first-order valence-electron chi connectivity index (χ1n) is 4.97. The molecular formula is C10H13BrClF. The molecule has 4 fully saturated rings. The third-order valence-corrected chi connectivity index (χ3v) is 5.17. The molecule has 4 saturated carbocycles. The Balaban J connectivity index is 2.03. The molecule has 0 spiro atoms. The molecule has 0 amide bonds. The van der Waals surface area contributed by atoms with Crippen LogP contribution in [0.5, 0.6) is 0 Å². The van der Waals surface area contributed by atoms with E-state index in [2.05, 4.69) is 15.9 Å². The van der Waals surface area contributed by atoms with Crippen molar-refractivity contribution in [2.75, 3.05) is 0 Å². The molecule has 0 radical (unpaired) electrons. The van der Waals surface area contributed by atoms with Crippen molar-refractivity contribution in [3.05, 3.63) is 0 Å². The first kappa shape index (κ1) is 8.96. The Kier molecular flexibility index (Phi) is 1.56. The van der Waals surface area contributed by atoms with Gasteiger partial charge in [-0.25, -0.2) is 4.39 Å². The van der Waals surface area contributed by atoms with Crippen LogP contribution in [0.3, 0.4) is 0 Å². The lowest BCUT2D eigenvalue weighted by atomic mass is 9.54. The second kappa shape index (κ2) is 2.27. The van der Waals surface area contributed by atoms with E-state index in [0.29, 0.717) is 18.8 Å². The average molecular weight is 268 g/mol. The fraction of sp³-hybridized carbons (Fsp3) is 1.00. The molecule has 0 aromatic heterocycles. The minimum absolute atomic E-state index is 0.0307. The Hall–Kier alpha value is 0.700. The first-order chi connectivity index (χ1) is 5.91. The molecule has 0 aromatic rings. The molecular weight excluding hydrogens is 254 g/mol. The Morgan fingerprint density at radius 2 is 1.92 bits per heavy atom. The molecule has 0 saturated heterocycles. The fourth-order valence-corrected chi connectivity index (χ4v) is 6.46. The summed E-state index contributed by atoms with van der Waals surface area (Å²) in [7, 11) is 0. The van der Waals surface area contributed by atoms with Gasteiger partial charge in [0.1, 0.15) is 5.67 Å². The van der Waals surface area contributed by atoms with Crippen LogP contribution < -0.4 is 0 Å². The van der Waals surface area contributed by atoms with Crippen LogP contribution in [0, 0.1) is 5.92 Å². The van der Waals surface area contributed by atoms with E-state index >= 15 is 0 Å². The molecule has 4 aliphatic carbocycles. The molecule has 3 heteroatoms. The summed E-state index contributed by atoms with van der Waals surface area (Å²) in [6.45, 7) is 0. The summed E-state index contributed by atoms with van der Waals surface area (Å²) < 4.78 is 14.3. The molecule has 4 aliphatic rings. The third-order valence-electron chi connectivity index (χ3n) is 3.86. The van der Waals surface area contributed by atoms with Gasteiger partial charge in [0.15, 0.2) is 0 Å². The van der Waals surface area contributed by atoms with Crippen molar-refractivity contribution >= 4 is 27.5 Å². The number of rotatable bonds is 0. The quantitative estimate of drug-likeness (QED) is 0.586. The highest BCUT2D eigenvalue weighted by Crippen LogP contribution is 2.65. The smallest absolute Gasteiger partial charge is 0.114 e. The standard InChI is InChI=1S/C10H13BrClF/c11-8-1-7-2-9(12,4-8)6-10(13,3-7)5-8/h7H,1-6H2/t7-,8-,9+,10-/m0/s1. The van der Waals surface area contributed by atoms with E-state index in [0.717, 1.165) is 25.7 Å². The minimum Gasteiger partial charge on any atom is -0.244 e. The van der Waals surface area contributed by atoms with Gasteiger partial charge >= 0.3 is 0 Å². The van der Waals surface area contributed by atoms with Crippen LogP contribution in [0.1, 0.15) is 38.5 Å². The van der Waals surface area contributed by atoms with Crippen molar-refractivity contribution < 1.29 is 4.39 Å². The number of halogens is 3. The van der Waals surface area contributed by atoms with Crippen molar-refractivity contribution in [2.24, 2.45) is 5.92 Å². The lowest BCUT2D eigenvalue weighted by Gasteiger charge is -2.60.